The second-order valence-electron chi connectivity index (χ2n) is 7.40. The molecule has 2 fully saturated rings. The predicted octanol–water partition coefficient (Wildman–Crippen LogP) is 1.72. The van der Waals surface area contributed by atoms with E-state index in [2.05, 4.69) is 57.0 Å². The fourth-order valence-electron chi connectivity index (χ4n) is 3.21. The number of halogens is 1. The van der Waals surface area contributed by atoms with Gasteiger partial charge < -0.3 is 20.7 Å². The highest BCUT2D eigenvalue weighted by atomic mass is 127. The van der Waals surface area contributed by atoms with E-state index in [9.17, 15) is 4.79 Å². The van der Waals surface area contributed by atoms with Gasteiger partial charge in [-0.2, -0.15) is 0 Å². The summed E-state index contributed by atoms with van der Waals surface area (Å²) < 4.78 is 5.42. The van der Waals surface area contributed by atoms with Crippen molar-refractivity contribution in [2.75, 3.05) is 45.9 Å². The number of morpholine rings is 1. The average Bonchev–Trinajstić information content (AvgIpc) is 3.56. The first-order valence-electron chi connectivity index (χ1n) is 10.4. The number of aliphatic imine (C=N–C) groups is 1. The topological polar surface area (TPSA) is 78.0 Å². The van der Waals surface area contributed by atoms with Gasteiger partial charge in [-0.3, -0.25) is 9.69 Å². The van der Waals surface area contributed by atoms with Crippen LogP contribution >= 0.6 is 24.0 Å². The highest BCUT2D eigenvalue weighted by Gasteiger charge is 2.28. The lowest BCUT2D eigenvalue weighted by molar-refractivity contribution is -0.122. The molecular weight excluding hydrogens is 481 g/mol. The molecule has 0 bridgehead atoms. The number of hydrogen-bond acceptors (Lipinski definition) is 4. The van der Waals surface area contributed by atoms with E-state index in [0.29, 0.717) is 19.6 Å². The van der Waals surface area contributed by atoms with Crippen LogP contribution in [0.25, 0.3) is 0 Å². The van der Waals surface area contributed by atoms with Gasteiger partial charge in [0.25, 0.3) is 0 Å². The maximum atomic E-state index is 11.7. The van der Waals surface area contributed by atoms with Gasteiger partial charge in [-0.25, -0.2) is 4.99 Å². The Hall–Kier alpha value is -1.39. The smallest absolute Gasteiger partial charge is 0.223 e. The molecule has 1 saturated carbocycles. The summed E-state index contributed by atoms with van der Waals surface area (Å²) in [5, 5.41) is 9.51. The fraction of sp³-hybridized carbons (Fsp3) is 0.619. The van der Waals surface area contributed by atoms with E-state index < -0.39 is 0 Å². The molecule has 0 aromatic heterocycles. The molecule has 3 rings (SSSR count). The van der Waals surface area contributed by atoms with Gasteiger partial charge in [0.1, 0.15) is 0 Å². The van der Waals surface area contributed by atoms with Crippen LogP contribution in [0.1, 0.15) is 30.9 Å². The fourth-order valence-corrected chi connectivity index (χ4v) is 3.21. The Balaban J connectivity index is 0.00000300. The summed E-state index contributed by atoms with van der Waals surface area (Å²) in [4.78, 5) is 18.8. The van der Waals surface area contributed by atoms with Crippen LogP contribution in [-0.4, -0.2) is 62.7 Å². The predicted molar refractivity (Wildman–Crippen MR) is 127 cm³/mol. The molecule has 0 radical (unpaired) electrons. The van der Waals surface area contributed by atoms with E-state index in [1.54, 1.807) is 0 Å². The van der Waals surface area contributed by atoms with Crippen molar-refractivity contribution in [1.82, 2.24) is 20.9 Å². The zero-order valence-corrected chi connectivity index (χ0v) is 19.6. The molecule has 0 atom stereocenters. The SMILES string of the molecule is CCNC(=NCc1cccc(CN2CCOCC2)c1)NCCNC(=O)C1CC1.I. The highest BCUT2D eigenvalue weighted by molar-refractivity contribution is 14.0. The van der Waals surface area contributed by atoms with Crippen LogP contribution in [0.4, 0.5) is 0 Å². The standard InChI is InChI=1S/C21H33N5O2.HI/c1-2-22-21(24-9-8-23-20(27)19-6-7-19)25-15-17-4-3-5-18(14-17)16-26-10-12-28-13-11-26;/h3-5,14,19H,2,6-13,15-16H2,1H3,(H,23,27)(H2,22,24,25);1H. The van der Waals surface area contributed by atoms with Gasteiger partial charge in [0, 0.05) is 45.2 Å². The first kappa shape index (κ1) is 23.9. The lowest BCUT2D eigenvalue weighted by atomic mass is 10.1. The van der Waals surface area contributed by atoms with E-state index in [1.807, 2.05) is 0 Å². The Labute approximate surface area is 191 Å². The molecular formula is C21H34IN5O2. The molecule has 1 amide bonds. The lowest BCUT2D eigenvalue weighted by Gasteiger charge is -2.26. The van der Waals surface area contributed by atoms with Crippen LogP contribution in [-0.2, 0) is 22.6 Å². The summed E-state index contributed by atoms with van der Waals surface area (Å²) >= 11 is 0. The molecule has 8 heteroatoms. The molecule has 0 spiro atoms. The molecule has 29 heavy (non-hydrogen) atoms. The van der Waals surface area contributed by atoms with Crippen molar-refractivity contribution in [3.8, 4) is 0 Å². The van der Waals surface area contributed by atoms with Crippen molar-refractivity contribution in [2.45, 2.75) is 32.9 Å². The van der Waals surface area contributed by atoms with Gasteiger partial charge >= 0.3 is 0 Å². The van der Waals surface area contributed by atoms with Gasteiger partial charge in [0.15, 0.2) is 5.96 Å². The Bertz CT molecular complexity index is 660. The van der Waals surface area contributed by atoms with Gasteiger partial charge in [-0.1, -0.05) is 24.3 Å². The third-order valence-electron chi connectivity index (χ3n) is 4.93. The molecule has 0 unspecified atom stereocenters. The summed E-state index contributed by atoms with van der Waals surface area (Å²) in [7, 11) is 0. The molecule has 1 saturated heterocycles. The zero-order valence-electron chi connectivity index (χ0n) is 17.3. The monoisotopic (exact) mass is 515 g/mol. The maximum absolute atomic E-state index is 11.7. The van der Waals surface area contributed by atoms with Crippen molar-refractivity contribution in [3.05, 3.63) is 35.4 Å². The molecule has 1 aliphatic heterocycles. The molecule has 162 valence electrons. The second-order valence-corrected chi connectivity index (χ2v) is 7.40. The summed E-state index contributed by atoms with van der Waals surface area (Å²) in [5.41, 5.74) is 2.51. The van der Waals surface area contributed by atoms with Crippen molar-refractivity contribution in [2.24, 2.45) is 10.9 Å². The van der Waals surface area contributed by atoms with E-state index in [1.165, 1.54) is 11.1 Å². The van der Waals surface area contributed by atoms with Gasteiger partial charge in [-0.15, -0.1) is 24.0 Å². The average molecular weight is 515 g/mol. The molecule has 7 nitrogen and oxygen atoms in total. The minimum atomic E-state index is 0. The van der Waals surface area contributed by atoms with E-state index in [0.717, 1.165) is 58.2 Å². The molecule has 3 N–H and O–H groups in total. The highest BCUT2D eigenvalue weighted by Crippen LogP contribution is 2.28. The first-order valence-corrected chi connectivity index (χ1v) is 10.4. The normalized spacial score (nSPS) is 17.3. The van der Waals surface area contributed by atoms with Gasteiger partial charge in [0.2, 0.25) is 5.91 Å². The Morgan fingerprint density at radius 3 is 2.59 bits per heavy atom. The van der Waals surface area contributed by atoms with Crippen LogP contribution in [0, 0.1) is 5.92 Å². The van der Waals surface area contributed by atoms with Crippen LogP contribution in [0.3, 0.4) is 0 Å². The van der Waals surface area contributed by atoms with Crippen molar-refractivity contribution in [1.29, 1.82) is 0 Å². The Morgan fingerprint density at radius 2 is 1.86 bits per heavy atom. The minimum absolute atomic E-state index is 0. The zero-order chi connectivity index (χ0) is 19.6. The summed E-state index contributed by atoms with van der Waals surface area (Å²) in [5.74, 6) is 1.22. The lowest BCUT2D eigenvalue weighted by Crippen LogP contribution is -2.41. The quantitative estimate of drug-likeness (QED) is 0.202. The maximum Gasteiger partial charge on any atom is 0.223 e. The number of nitrogens with one attached hydrogen (secondary N) is 3. The number of carbonyl (C=O) groups is 1. The number of benzene rings is 1. The summed E-state index contributed by atoms with van der Waals surface area (Å²) in [6, 6.07) is 8.63. The first-order chi connectivity index (χ1) is 13.7. The molecule has 1 aliphatic carbocycles. The van der Waals surface area contributed by atoms with E-state index in [-0.39, 0.29) is 35.8 Å². The third-order valence-corrected chi connectivity index (χ3v) is 4.93. The van der Waals surface area contributed by atoms with Gasteiger partial charge in [-0.05, 0) is 30.9 Å². The van der Waals surface area contributed by atoms with Crippen molar-refractivity contribution < 1.29 is 9.53 Å². The summed E-state index contributed by atoms with van der Waals surface area (Å²) in [6.07, 6.45) is 2.07. The van der Waals surface area contributed by atoms with Crippen LogP contribution in [0.2, 0.25) is 0 Å². The van der Waals surface area contributed by atoms with Gasteiger partial charge in [0.05, 0.1) is 19.8 Å². The molecule has 1 aromatic rings. The number of nitrogens with zero attached hydrogens (tertiary/aromatic N) is 2. The number of carbonyl (C=O) groups excluding carboxylic acids is 1. The molecule has 1 heterocycles. The van der Waals surface area contributed by atoms with Crippen molar-refractivity contribution >= 4 is 35.8 Å². The Kier molecular flexibility index (Phi) is 10.7. The molecule has 1 aromatic carbocycles. The summed E-state index contributed by atoms with van der Waals surface area (Å²) in [6.45, 7) is 9.36. The second kappa shape index (κ2) is 13.0. The van der Waals surface area contributed by atoms with Crippen molar-refractivity contribution in [3.63, 3.8) is 0 Å². The van der Waals surface area contributed by atoms with Crippen LogP contribution in [0.15, 0.2) is 29.3 Å². The number of ether oxygens (including phenoxy) is 1. The number of hydrogen-bond donors (Lipinski definition) is 3. The number of amides is 1. The number of rotatable bonds is 9. The largest absolute Gasteiger partial charge is 0.379 e. The van der Waals surface area contributed by atoms with Crippen LogP contribution < -0.4 is 16.0 Å². The van der Waals surface area contributed by atoms with E-state index in [4.69, 9.17) is 4.74 Å². The third kappa shape index (κ3) is 8.88. The van der Waals surface area contributed by atoms with E-state index >= 15 is 0 Å². The minimum Gasteiger partial charge on any atom is -0.379 e. The molecule has 2 aliphatic rings. The number of guanidine groups is 1. The van der Waals surface area contributed by atoms with Crippen LogP contribution in [0.5, 0.6) is 0 Å². The Morgan fingerprint density at radius 1 is 1.14 bits per heavy atom.